The van der Waals surface area contributed by atoms with Crippen LogP contribution >= 0.6 is 11.8 Å². The second-order valence-corrected chi connectivity index (χ2v) is 9.52. The molecule has 1 saturated heterocycles. The lowest BCUT2D eigenvalue weighted by molar-refractivity contribution is -0.384. The smallest absolute Gasteiger partial charge is 0.410 e. The van der Waals surface area contributed by atoms with E-state index in [0.717, 1.165) is 6.26 Å². The van der Waals surface area contributed by atoms with Gasteiger partial charge in [0, 0.05) is 23.9 Å². The number of likely N-dealkylation sites (tertiary alicyclic amines) is 1. The van der Waals surface area contributed by atoms with Gasteiger partial charge in [-0.3, -0.25) is 19.1 Å². The molecule has 174 valence electrons. The lowest BCUT2D eigenvalue weighted by Gasteiger charge is -2.23. The summed E-state index contributed by atoms with van der Waals surface area (Å²) in [6, 6.07) is 6.90. The number of benzene rings is 1. The van der Waals surface area contributed by atoms with E-state index in [1.807, 2.05) is 0 Å². The fraction of sp³-hybridized carbons (Fsp3) is 0.500. The zero-order valence-corrected chi connectivity index (χ0v) is 18.8. The maximum atomic E-state index is 12.6. The van der Waals surface area contributed by atoms with Crippen molar-refractivity contribution < 1.29 is 31.9 Å². The predicted octanol–water partition coefficient (Wildman–Crippen LogP) is 1.02. The second kappa shape index (κ2) is 11.7. The summed E-state index contributed by atoms with van der Waals surface area (Å²) in [4.78, 5) is 35.8. The van der Waals surface area contributed by atoms with Crippen molar-refractivity contribution in [3.8, 4) is 6.07 Å². The van der Waals surface area contributed by atoms with Gasteiger partial charge in [0.1, 0.15) is 13.2 Å². The number of hydrogen-bond acceptors (Lipinski definition) is 10. The summed E-state index contributed by atoms with van der Waals surface area (Å²) < 4.78 is 33.3. The largest absolute Gasteiger partial charge is 0.445 e. The average Bonchev–Trinajstić information content (AvgIpc) is 3.11. The van der Waals surface area contributed by atoms with Crippen molar-refractivity contribution in [1.82, 2.24) is 10.2 Å². The molecule has 0 bridgehead atoms. The van der Waals surface area contributed by atoms with Gasteiger partial charge in [0.05, 0.1) is 35.6 Å². The zero-order chi connectivity index (χ0) is 23.7. The van der Waals surface area contributed by atoms with E-state index in [1.165, 1.54) is 40.9 Å². The van der Waals surface area contributed by atoms with Crippen molar-refractivity contribution >= 4 is 39.6 Å². The van der Waals surface area contributed by atoms with Crippen molar-refractivity contribution in [3.05, 3.63) is 39.9 Å². The highest BCUT2D eigenvalue weighted by molar-refractivity contribution is 8.00. The van der Waals surface area contributed by atoms with E-state index in [-0.39, 0.29) is 43.5 Å². The van der Waals surface area contributed by atoms with Crippen molar-refractivity contribution in [3.63, 3.8) is 0 Å². The molecule has 12 nitrogen and oxygen atoms in total. The number of hydrogen-bond donors (Lipinski definition) is 1. The van der Waals surface area contributed by atoms with Crippen LogP contribution in [-0.4, -0.2) is 73.2 Å². The number of amides is 2. The van der Waals surface area contributed by atoms with Gasteiger partial charge in [0.25, 0.3) is 15.8 Å². The topological polar surface area (TPSA) is 169 Å². The Hall–Kier alpha value is -2.89. The molecular formula is C18H22N4O8S2. The van der Waals surface area contributed by atoms with Gasteiger partial charge in [0.2, 0.25) is 5.91 Å². The van der Waals surface area contributed by atoms with Gasteiger partial charge < -0.3 is 15.0 Å². The normalized spacial score (nSPS) is 18.1. The van der Waals surface area contributed by atoms with Crippen LogP contribution < -0.4 is 5.32 Å². The number of nitrogens with one attached hydrogen (secondary N) is 1. The molecule has 0 saturated carbocycles. The van der Waals surface area contributed by atoms with Crippen molar-refractivity contribution in [2.24, 2.45) is 0 Å². The first kappa shape index (κ1) is 25.4. The Morgan fingerprint density at radius 3 is 2.66 bits per heavy atom. The molecule has 0 radical (unpaired) electrons. The minimum Gasteiger partial charge on any atom is -0.445 e. The highest BCUT2D eigenvalue weighted by atomic mass is 32.2. The molecule has 1 heterocycles. The van der Waals surface area contributed by atoms with Gasteiger partial charge >= 0.3 is 6.09 Å². The molecule has 1 N–H and O–H groups in total. The van der Waals surface area contributed by atoms with Gasteiger partial charge in [0.15, 0.2) is 0 Å². The molecule has 2 atom stereocenters. The minimum atomic E-state index is -3.73. The molecule has 1 aliphatic rings. The molecule has 1 fully saturated rings. The molecule has 1 aromatic carbocycles. The van der Waals surface area contributed by atoms with E-state index in [0.29, 0.717) is 11.3 Å². The van der Waals surface area contributed by atoms with Crippen LogP contribution in [0.15, 0.2) is 24.3 Å². The Kier molecular flexibility index (Phi) is 9.24. The number of nitro groups is 1. The number of rotatable bonds is 10. The van der Waals surface area contributed by atoms with E-state index in [1.54, 1.807) is 6.07 Å². The number of carbonyl (C=O) groups is 2. The zero-order valence-electron chi connectivity index (χ0n) is 17.1. The van der Waals surface area contributed by atoms with Crippen LogP contribution in [0.3, 0.4) is 0 Å². The lowest BCUT2D eigenvalue weighted by atomic mass is 10.2. The van der Waals surface area contributed by atoms with Crippen molar-refractivity contribution in [1.29, 1.82) is 5.26 Å². The second-order valence-electron chi connectivity index (χ2n) is 6.89. The first-order valence-corrected chi connectivity index (χ1v) is 12.3. The van der Waals surface area contributed by atoms with Gasteiger partial charge in [-0.15, -0.1) is 11.8 Å². The molecule has 2 rings (SSSR count). The van der Waals surface area contributed by atoms with E-state index in [9.17, 15) is 28.1 Å². The molecule has 1 aliphatic heterocycles. The van der Waals surface area contributed by atoms with Crippen LogP contribution in [0.1, 0.15) is 12.0 Å². The summed E-state index contributed by atoms with van der Waals surface area (Å²) in [6.45, 7) is -0.229. The first-order valence-electron chi connectivity index (χ1n) is 9.35. The summed E-state index contributed by atoms with van der Waals surface area (Å²) in [5.41, 5.74) is 0.462. The summed E-state index contributed by atoms with van der Waals surface area (Å²) >= 11 is 1.23. The molecule has 2 amide bonds. The summed E-state index contributed by atoms with van der Waals surface area (Å²) in [5, 5.41) is 21.6. The number of ether oxygens (including phenoxy) is 1. The summed E-state index contributed by atoms with van der Waals surface area (Å²) in [7, 11) is -3.73. The number of thioether (sulfide) groups is 1. The van der Waals surface area contributed by atoms with Gasteiger partial charge in [-0.1, -0.05) is 0 Å². The predicted molar refractivity (Wildman–Crippen MR) is 114 cm³/mol. The maximum Gasteiger partial charge on any atom is 0.410 e. The molecule has 0 spiro atoms. The molecular weight excluding hydrogens is 464 g/mol. The molecule has 0 aliphatic carbocycles. The third-order valence-corrected chi connectivity index (χ3v) is 6.05. The Morgan fingerprint density at radius 2 is 2.06 bits per heavy atom. The number of nitrogens with zero attached hydrogens (tertiary/aromatic N) is 3. The van der Waals surface area contributed by atoms with Gasteiger partial charge in [-0.05, 0) is 24.1 Å². The SMILES string of the molecule is CS(=O)(=O)OC1CC(CSCC(=O)NCC#N)N(C(=O)OCc2ccc([N+](=O)[O-])cc2)C1. The molecule has 1 aromatic rings. The van der Waals surface area contributed by atoms with Gasteiger partial charge in [-0.25, -0.2) is 4.79 Å². The van der Waals surface area contributed by atoms with Crippen LogP contribution in [0.25, 0.3) is 0 Å². The number of carbonyl (C=O) groups excluding carboxylic acids is 2. The van der Waals surface area contributed by atoms with Crippen LogP contribution in [0.2, 0.25) is 0 Å². The first-order chi connectivity index (χ1) is 15.1. The Morgan fingerprint density at radius 1 is 1.38 bits per heavy atom. The van der Waals surface area contributed by atoms with Crippen LogP contribution in [0.4, 0.5) is 10.5 Å². The quantitative estimate of drug-likeness (QED) is 0.218. The minimum absolute atomic E-state index is 0.00196. The Labute approximate surface area is 189 Å². The van der Waals surface area contributed by atoms with Crippen LogP contribution in [0, 0.1) is 21.4 Å². The number of nitriles is 1. The maximum absolute atomic E-state index is 12.6. The van der Waals surface area contributed by atoms with Crippen molar-refractivity contribution in [2.75, 3.05) is 30.9 Å². The highest BCUT2D eigenvalue weighted by Gasteiger charge is 2.38. The Balaban J connectivity index is 1.96. The van der Waals surface area contributed by atoms with E-state index in [2.05, 4.69) is 5.32 Å². The molecule has 14 heteroatoms. The summed E-state index contributed by atoms with van der Waals surface area (Å²) in [5.74, 6) is 0.0725. The highest BCUT2D eigenvalue weighted by Crippen LogP contribution is 2.26. The number of non-ortho nitro benzene ring substituents is 1. The standard InChI is InChI=1S/C18H22N4O8S2/c1-32(27,28)30-16-8-15(11-31-12-17(23)20-7-6-19)21(9-16)18(24)29-10-13-2-4-14(5-3-13)22(25)26/h2-5,15-16H,7-12H2,1H3,(H,20,23). The third-order valence-electron chi connectivity index (χ3n) is 4.34. The van der Waals surface area contributed by atoms with Crippen molar-refractivity contribution in [2.45, 2.75) is 25.2 Å². The molecule has 0 aromatic heterocycles. The molecule has 2 unspecified atom stereocenters. The van der Waals surface area contributed by atoms with E-state index >= 15 is 0 Å². The lowest BCUT2D eigenvalue weighted by Crippen LogP contribution is -2.38. The number of nitro benzene ring substituents is 1. The summed E-state index contributed by atoms with van der Waals surface area (Å²) in [6.07, 6.45) is -0.268. The van der Waals surface area contributed by atoms with Gasteiger partial charge in [-0.2, -0.15) is 13.7 Å². The fourth-order valence-electron chi connectivity index (χ4n) is 2.99. The third kappa shape index (κ3) is 8.33. The van der Waals surface area contributed by atoms with E-state index < -0.39 is 33.3 Å². The Bertz CT molecular complexity index is 978. The fourth-order valence-corrected chi connectivity index (χ4v) is 4.62. The van der Waals surface area contributed by atoms with Crippen LogP contribution in [0.5, 0.6) is 0 Å². The van der Waals surface area contributed by atoms with Crippen LogP contribution in [-0.2, 0) is 30.4 Å². The van der Waals surface area contributed by atoms with E-state index in [4.69, 9.17) is 14.2 Å². The monoisotopic (exact) mass is 486 g/mol. The average molecular weight is 487 g/mol. The molecule has 32 heavy (non-hydrogen) atoms.